The van der Waals surface area contributed by atoms with E-state index >= 15 is 0 Å². The average Bonchev–Trinajstić information content (AvgIpc) is 2.41. The SMILES string of the molecule is CN[C@H]1COc2cc(Cl)c(Cl)cc2[C@H](O)C1.Cl. The smallest absolute Gasteiger partial charge is 0.126 e. The van der Waals surface area contributed by atoms with Crippen LogP contribution in [-0.4, -0.2) is 24.8 Å². The zero-order valence-corrected chi connectivity index (χ0v) is 11.6. The van der Waals surface area contributed by atoms with Gasteiger partial charge in [0.2, 0.25) is 0 Å². The second-order valence-corrected chi connectivity index (χ2v) is 4.67. The summed E-state index contributed by atoms with van der Waals surface area (Å²) in [6.07, 6.45) is 0.0197. The van der Waals surface area contributed by atoms with E-state index in [4.69, 9.17) is 27.9 Å². The molecule has 0 spiro atoms. The van der Waals surface area contributed by atoms with E-state index in [0.29, 0.717) is 34.4 Å². The van der Waals surface area contributed by atoms with Gasteiger partial charge in [-0.15, -0.1) is 12.4 Å². The third-order valence-corrected chi connectivity index (χ3v) is 3.49. The number of hydrogen-bond acceptors (Lipinski definition) is 3. The number of hydrogen-bond donors (Lipinski definition) is 2. The second kappa shape index (κ2) is 6.12. The van der Waals surface area contributed by atoms with Crippen LogP contribution in [0.15, 0.2) is 12.1 Å². The first-order chi connectivity index (χ1) is 7.61. The molecular formula is C11H14Cl3NO2. The molecule has 1 aromatic carbocycles. The van der Waals surface area contributed by atoms with Crippen molar-refractivity contribution in [3.8, 4) is 5.75 Å². The summed E-state index contributed by atoms with van der Waals surface area (Å²) < 4.78 is 5.59. The Morgan fingerprint density at radius 1 is 1.35 bits per heavy atom. The first kappa shape index (κ1) is 14.9. The highest BCUT2D eigenvalue weighted by Crippen LogP contribution is 2.37. The number of ether oxygens (including phenoxy) is 1. The first-order valence-electron chi connectivity index (χ1n) is 5.09. The number of aliphatic hydroxyl groups excluding tert-OH is 1. The minimum absolute atomic E-state index is 0. The molecule has 0 amide bonds. The van der Waals surface area contributed by atoms with Crippen LogP contribution in [0.2, 0.25) is 10.0 Å². The maximum Gasteiger partial charge on any atom is 0.126 e. The molecule has 96 valence electrons. The third kappa shape index (κ3) is 3.18. The van der Waals surface area contributed by atoms with E-state index < -0.39 is 6.10 Å². The maximum absolute atomic E-state index is 10.0. The van der Waals surface area contributed by atoms with Gasteiger partial charge in [0.05, 0.1) is 16.1 Å². The zero-order valence-electron chi connectivity index (χ0n) is 9.24. The number of benzene rings is 1. The number of fused-ring (bicyclic) bond motifs is 1. The molecule has 0 aromatic heterocycles. The monoisotopic (exact) mass is 297 g/mol. The van der Waals surface area contributed by atoms with Crippen molar-refractivity contribution in [3.05, 3.63) is 27.7 Å². The van der Waals surface area contributed by atoms with Gasteiger partial charge < -0.3 is 15.2 Å². The lowest BCUT2D eigenvalue weighted by molar-refractivity contribution is 0.153. The van der Waals surface area contributed by atoms with E-state index in [1.807, 2.05) is 7.05 Å². The molecule has 0 saturated heterocycles. The number of likely N-dealkylation sites (N-methyl/N-ethyl adjacent to an activating group) is 1. The average molecular weight is 299 g/mol. The summed E-state index contributed by atoms with van der Waals surface area (Å²) in [7, 11) is 1.84. The van der Waals surface area contributed by atoms with Crippen molar-refractivity contribution < 1.29 is 9.84 Å². The highest BCUT2D eigenvalue weighted by molar-refractivity contribution is 6.42. The summed E-state index contributed by atoms with van der Waals surface area (Å²) in [5, 5.41) is 14.0. The minimum Gasteiger partial charge on any atom is -0.492 e. The van der Waals surface area contributed by atoms with Crippen LogP contribution in [0.4, 0.5) is 0 Å². The van der Waals surface area contributed by atoms with Crippen LogP contribution in [0.5, 0.6) is 5.75 Å². The fourth-order valence-corrected chi connectivity index (χ4v) is 2.11. The molecule has 2 atom stereocenters. The van der Waals surface area contributed by atoms with Crippen LogP contribution >= 0.6 is 35.6 Å². The van der Waals surface area contributed by atoms with Crippen molar-refractivity contribution in [1.29, 1.82) is 0 Å². The van der Waals surface area contributed by atoms with E-state index in [0.717, 1.165) is 0 Å². The van der Waals surface area contributed by atoms with Crippen molar-refractivity contribution in [3.63, 3.8) is 0 Å². The molecule has 2 N–H and O–H groups in total. The van der Waals surface area contributed by atoms with E-state index in [2.05, 4.69) is 5.32 Å². The second-order valence-electron chi connectivity index (χ2n) is 3.85. The Balaban J connectivity index is 0.00000144. The summed E-state index contributed by atoms with van der Waals surface area (Å²) in [4.78, 5) is 0. The fraction of sp³-hybridized carbons (Fsp3) is 0.455. The van der Waals surface area contributed by atoms with Gasteiger partial charge in [-0.1, -0.05) is 23.2 Å². The molecule has 0 bridgehead atoms. The van der Waals surface area contributed by atoms with Crippen LogP contribution in [0.3, 0.4) is 0 Å². The van der Waals surface area contributed by atoms with Gasteiger partial charge in [0.1, 0.15) is 12.4 Å². The van der Waals surface area contributed by atoms with Gasteiger partial charge in [-0.25, -0.2) is 0 Å². The molecule has 1 aliphatic heterocycles. The Labute approximate surface area is 116 Å². The summed E-state index contributed by atoms with van der Waals surface area (Å²) >= 11 is 11.8. The number of nitrogens with one attached hydrogen (secondary N) is 1. The van der Waals surface area contributed by atoms with E-state index in [1.165, 1.54) is 0 Å². The number of rotatable bonds is 1. The standard InChI is InChI=1S/C11H13Cl2NO2.ClH/c1-14-6-2-10(15)7-3-8(12)9(13)4-11(7)16-5-6;/h3-4,6,10,14-15H,2,5H2,1H3;1H/t6-,10-;/m1./s1. The molecule has 1 aliphatic rings. The van der Waals surface area contributed by atoms with Gasteiger partial charge in [0, 0.05) is 17.7 Å². The summed E-state index contributed by atoms with van der Waals surface area (Å²) in [6.45, 7) is 0.512. The van der Waals surface area contributed by atoms with Gasteiger partial charge in [0.15, 0.2) is 0 Å². The van der Waals surface area contributed by atoms with Gasteiger partial charge in [-0.3, -0.25) is 0 Å². The van der Waals surface area contributed by atoms with Crippen molar-refractivity contribution in [2.45, 2.75) is 18.6 Å². The Morgan fingerprint density at radius 3 is 2.65 bits per heavy atom. The molecule has 0 saturated carbocycles. The predicted molar refractivity (Wildman–Crippen MR) is 71.6 cm³/mol. The lowest BCUT2D eigenvalue weighted by atomic mass is 10.0. The van der Waals surface area contributed by atoms with Crippen LogP contribution in [0.1, 0.15) is 18.1 Å². The first-order valence-corrected chi connectivity index (χ1v) is 5.84. The largest absolute Gasteiger partial charge is 0.492 e. The summed E-state index contributed by atoms with van der Waals surface area (Å²) in [6, 6.07) is 3.45. The number of halogens is 3. The molecule has 0 aliphatic carbocycles. The predicted octanol–water partition coefficient (Wildman–Crippen LogP) is 2.82. The molecule has 17 heavy (non-hydrogen) atoms. The van der Waals surface area contributed by atoms with Crippen LogP contribution in [-0.2, 0) is 0 Å². The fourth-order valence-electron chi connectivity index (χ4n) is 1.79. The van der Waals surface area contributed by atoms with Crippen molar-refractivity contribution in [2.24, 2.45) is 0 Å². The van der Waals surface area contributed by atoms with Gasteiger partial charge in [-0.2, -0.15) is 0 Å². The Bertz CT molecular complexity index is 401. The van der Waals surface area contributed by atoms with E-state index in [-0.39, 0.29) is 18.4 Å². The maximum atomic E-state index is 10.0. The normalized spacial score (nSPS) is 23.1. The zero-order chi connectivity index (χ0) is 11.7. The summed E-state index contributed by atoms with van der Waals surface area (Å²) in [5.74, 6) is 0.611. The topological polar surface area (TPSA) is 41.5 Å². The van der Waals surface area contributed by atoms with Gasteiger partial charge in [-0.05, 0) is 19.5 Å². The quantitative estimate of drug-likeness (QED) is 0.838. The molecule has 2 rings (SSSR count). The van der Waals surface area contributed by atoms with E-state index in [9.17, 15) is 5.11 Å². The lowest BCUT2D eigenvalue weighted by Gasteiger charge is -2.14. The highest BCUT2D eigenvalue weighted by Gasteiger charge is 2.24. The van der Waals surface area contributed by atoms with Crippen LogP contribution in [0.25, 0.3) is 0 Å². The Kier molecular flexibility index (Phi) is 5.35. The Hall–Kier alpha value is -0.190. The minimum atomic E-state index is -0.579. The Morgan fingerprint density at radius 2 is 2.00 bits per heavy atom. The molecule has 1 heterocycles. The molecule has 6 heteroatoms. The van der Waals surface area contributed by atoms with Crippen molar-refractivity contribution in [2.75, 3.05) is 13.7 Å². The molecule has 1 aromatic rings. The summed E-state index contributed by atoms with van der Waals surface area (Å²) in [5.41, 5.74) is 0.701. The van der Waals surface area contributed by atoms with Crippen molar-refractivity contribution in [1.82, 2.24) is 5.32 Å². The molecule has 0 fully saturated rings. The van der Waals surface area contributed by atoms with Gasteiger partial charge >= 0.3 is 0 Å². The molecule has 0 radical (unpaired) electrons. The van der Waals surface area contributed by atoms with Crippen LogP contribution in [0, 0.1) is 0 Å². The van der Waals surface area contributed by atoms with E-state index in [1.54, 1.807) is 12.1 Å². The lowest BCUT2D eigenvalue weighted by Crippen LogP contribution is -2.31. The number of aliphatic hydroxyl groups is 1. The van der Waals surface area contributed by atoms with Crippen molar-refractivity contribution >= 4 is 35.6 Å². The molecular weight excluding hydrogens is 284 g/mol. The molecule has 3 nitrogen and oxygen atoms in total. The third-order valence-electron chi connectivity index (χ3n) is 2.77. The van der Waals surface area contributed by atoms with Crippen LogP contribution < -0.4 is 10.1 Å². The van der Waals surface area contributed by atoms with Gasteiger partial charge in [0.25, 0.3) is 0 Å². The highest BCUT2D eigenvalue weighted by atomic mass is 35.5. The molecule has 0 unspecified atom stereocenters.